The maximum absolute atomic E-state index is 10.7. The molecule has 1 atom stereocenters. The van der Waals surface area contributed by atoms with Gasteiger partial charge in [0.15, 0.2) is 6.20 Å². The Morgan fingerprint density at radius 3 is 2.70 bits per heavy atom. The van der Waals surface area contributed by atoms with Crippen LogP contribution in [0.15, 0.2) is 18.3 Å². The average Bonchev–Trinajstić information content (AvgIpc) is 2.52. The Bertz CT molecular complexity index is 571. The molecule has 8 heteroatoms. The minimum Gasteiger partial charge on any atom is -0.390 e. The van der Waals surface area contributed by atoms with E-state index in [9.17, 15) is 15.2 Å². The van der Waals surface area contributed by atoms with Crippen LogP contribution in [-0.4, -0.2) is 70.4 Å². The van der Waals surface area contributed by atoms with Crippen molar-refractivity contribution >= 4 is 11.5 Å². The molecule has 3 heterocycles. The highest BCUT2D eigenvalue weighted by Gasteiger charge is 2.44. The summed E-state index contributed by atoms with van der Waals surface area (Å²) in [6, 6.07) is 3.16. The number of rotatable bonds is 4. The van der Waals surface area contributed by atoms with Gasteiger partial charge in [0.2, 0.25) is 0 Å². The summed E-state index contributed by atoms with van der Waals surface area (Å²) in [6.07, 6.45) is 1.30. The molecule has 3 rings (SSSR count). The fourth-order valence-corrected chi connectivity index (χ4v) is 3.11. The van der Waals surface area contributed by atoms with Crippen LogP contribution in [0.2, 0.25) is 0 Å². The van der Waals surface area contributed by atoms with E-state index in [2.05, 4.69) is 28.6 Å². The quantitative estimate of drug-likeness (QED) is 0.643. The predicted molar refractivity (Wildman–Crippen MR) is 84.5 cm³/mol. The summed E-state index contributed by atoms with van der Waals surface area (Å²) in [4.78, 5) is 18.5. The van der Waals surface area contributed by atoms with Crippen LogP contribution in [0.3, 0.4) is 0 Å². The summed E-state index contributed by atoms with van der Waals surface area (Å²) in [6.45, 7) is 7.62. The number of nitrogens with zero attached hydrogens (tertiary/aromatic N) is 4. The molecule has 126 valence electrons. The van der Waals surface area contributed by atoms with Gasteiger partial charge in [-0.2, -0.15) is 0 Å². The number of ether oxygens (including phenoxy) is 1. The Morgan fingerprint density at radius 2 is 2.13 bits per heavy atom. The second-order valence-electron chi connectivity index (χ2n) is 6.65. The summed E-state index contributed by atoms with van der Waals surface area (Å²) >= 11 is 0. The molecule has 0 aliphatic carbocycles. The van der Waals surface area contributed by atoms with E-state index in [4.69, 9.17) is 4.74 Å². The molecule has 1 N–H and O–H groups in total. The number of aliphatic hydroxyl groups excluding tert-OH is 1. The van der Waals surface area contributed by atoms with Crippen molar-refractivity contribution < 1.29 is 14.8 Å². The van der Waals surface area contributed by atoms with Gasteiger partial charge in [0, 0.05) is 37.8 Å². The van der Waals surface area contributed by atoms with Gasteiger partial charge in [0.25, 0.3) is 0 Å². The van der Waals surface area contributed by atoms with Gasteiger partial charge in [-0.3, -0.25) is 4.90 Å². The Balaban J connectivity index is 1.69. The number of anilines is 1. The number of aliphatic hydroxyl groups is 1. The third-order valence-electron chi connectivity index (χ3n) is 4.82. The van der Waals surface area contributed by atoms with Gasteiger partial charge < -0.3 is 24.9 Å². The first-order valence-corrected chi connectivity index (χ1v) is 7.78. The molecule has 0 bridgehead atoms. The van der Waals surface area contributed by atoms with Crippen LogP contribution >= 0.6 is 0 Å². The van der Waals surface area contributed by atoms with Crippen molar-refractivity contribution in [3.63, 3.8) is 0 Å². The maximum atomic E-state index is 10.7. The van der Waals surface area contributed by atoms with E-state index in [1.807, 2.05) is 0 Å². The molecule has 2 aliphatic heterocycles. The molecule has 0 saturated carbocycles. The standard InChI is InChI=1S/C15H22N4O4/c1-15(2,18-8-12(20)9-18)13-10-17(5-6-23-13)11-3-4-14(16-7-11)19(21)22/h3-4,7,12-13,20H,5-6,8-10H2,1-2H3. The van der Waals surface area contributed by atoms with Crippen LogP contribution in [0.1, 0.15) is 13.8 Å². The Labute approximate surface area is 134 Å². The number of nitro groups is 1. The SMILES string of the molecule is CC(C)(C1CN(c2ccc([N+](=O)[O-])nc2)CCO1)N1CC(O)C1. The number of pyridine rings is 1. The zero-order chi connectivity index (χ0) is 16.6. The molecule has 1 aromatic heterocycles. The van der Waals surface area contributed by atoms with Gasteiger partial charge in [0.05, 0.1) is 24.5 Å². The lowest BCUT2D eigenvalue weighted by atomic mass is 9.89. The summed E-state index contributed by atoms with van der Waals surface area (Å²) in [5.74, 6) is -0.145. The second-order valence-corrected chi connectivity index (χ2v) is 6.65. The third kappa shape index (κ3) is 3.15. The van der Waals surface area contributed by atoms with Crippen LogP contribution in [0, 0.1) is 10.1 Å². The first kappa shape index (κ1) is 16.1. The minimum absolute atomic E-state index is 0.000980. The molecule has 1 unspecified atom stereocenters. The van der Waals surface area contributed by atoms with Crippen molar-refractivity contribution in [1.82, 2.24) is 9.88 Å². The molecule has 0 aromatic carbocycles. The number of morpholine rings is 1. The van der Waals surface area contributed by atoms with Crippen LogP contribution in [-0.2, 0) is 4.74 Å². The van der Waals surface area contributed by atoms with E-state index in [0.717, 1.165) is 12.2 Å². The van der Waals surface area contributed by atoms with E-state index < -0.39 is 4.92 Å². The van der Waals surface area contributed by atoms with E-state index in [1.165, 1.54) is 6.07 Å². The summed E-state index contributed by atoms with van der Waals surface area (Å²) < 4.78 is 5.95. The first-order valence-electron chi connectivity index (χ1n) is 7.78. The zero-order valence-corrected chi connectivity index (χ0v) is 13.4. The van der Waals surface area contributed by atoms with Gasteiger partial charge in [-0.15, -0.1) is 0 Å². The van der Waals surface area contributed by atoms with Crippen molar-refractivity contribution in [1.29, 1.82) is 0 Å². The van der Waals surface area contributed by atoms with Crippen LogP contribution in [0.5, 0.6) is 0 Å². The number of hydrogen-bond acceptors (Lipinski definition) is 7. The fourth-order valence-electron chi connectivity index (χ4n) is 3.11. The van der Waals surface area contributed by atoms with Crippen molar-refractivity contribution in [3.05, 3.63) is 28.4 Å². The largest absolute Gasteiger partial charge is 0.390 e. The maximum Gasteiger partial charge on any atom is 0.363 e. The van der Waals surface area contributed by atoms with E-state index in [1.54, 1.807) is 12.3 Å². The minimum atomic E-state index is -0.496. The smallest absolute Gasteiger partial charge is 0.363 e. The van der Waals surface area contributed by atoms with Crippen LogP contribution in [0.4, 0.5) is 11.5 Å². The summed E-state index contributed by atoms with van der Waals surface area (Å²) in [7, 11) is 0. The van der Waals surface area contributed by atoms with E-state index in [-0.39, 0.29) is 23.6 Å². The number of aromatic nitrogens is 1. The van der Waals surface area contributed by atoms with Gasteiger partial charge in [-0.05, 0) is 29.8 Å². The second kappa shape index (κ2) is 6.03. The highest BCUT2D eigenvalue weighted by atomic mass is 16.6. The van der Waals surface area contributed by atoms with Crippen molar-refractivity contribution in [2.75, 3.05) is 37.7 Å². The molecular weight excluding hydrogens is 300 g/mol. The van der Waals surface area contributed by atoms with E-state index in [0.29, 0.717) is 26.2 Å². The van der Waals surface area contributed by atoms with Crippen molar-refractivity contribution in [3.8, 4) is 0 Å². The molecule has 1 aromatic rings. The first-order chi connectivity index (χ1) is 10.9. The molecule has 23 heavy (non-hydrogen) atoms. The molecule has 8 nitrogen and oxygen atoms in total. The number of hydrogen-bond donors (Lipinski definition) is 1. The fraction of sp³-hybridized carbons (Fsp3) is 0.667. The molecule has 0 radical (unpaired) electrons. The average molecular weight is 322 g/mol. The highest BCUT2D eigenvalue weighted by molar-refractivity contribution is 5.47. The van der Waals surface area contributed by atoms with Gasteiger partial charge in [-0.1, -0.05) is 0 Å². The molecule has 0 spiro atoms. The summed E-state index contributed by atoms with van der Waals surface area (Å²) in [5.41, 5.74) is 0.690. The monoisotopic (exact) mass is 322 g/mol. The topological polar surface area (TPSA) is 92.0 Å². The Morgan fingerprint density at radius 1 is 1.39 bits per heavy atom. The predicted octanol–water partition coefficient (Wildman–Crippen LogP) is 0.650. The molecule has 2 fully saturated rings. The number of β-amino-alcohol motifs (C(OH)–C–C–N with tert-alkyl or cyclic N) is 1. The Hall–Kier alpha value is -1.77. The lowest BCUT2D eigenvalue weighted by Crippen LogP contribution is -2.67. The van der Waals surface area contributed by atoms with E-state index >= 15 is 0 Å². The zero-order valence-electron chi connectivity index (χ0n) is 13.4. The van der Waals surface area contributed by atoms with Crippen LogP contribution in [0.25, 0.3) is 0 Å². The molecular formula is C15H22N4O4. The molecule has 2 saturated heterocycles. The highest BCUT2D eigenvalue weighted by Crippen LogP contribution is 2.30. The van der Waals surface area contributed by atoms with Crippen molar-refractivity contribution in [2.24, 2.45) is 0 Å². The third-order valence-corrected chi connectivity index (χ3v) is 4.82. The molecule has 2 aliphatic rings. The number of likely N-dealkylation sites (tertiary alicyclic amines) is 1. The lowest BCUT2D eigenvalue weighted by Gasteiger charge is -2.52. The van der Waals surface area contributed by atoms with Gasteiger partial charge >= 0.3 is 5.82 Å². The summed E-state index contributed by atoms with van der Waals surface area (Å²) in [5, 5.41) is 20.2. The van der Waals surface area contributed by atoms with Gasteiger partial charge in [0.1, 0.15) is 0 Å². The lowest BCUT2D eigenvalue weighted by molar-refractivity contribution is -0.389. The van der Waals surface area contributed by atoms with Crippen LogP contribution < -0.4 is 4.90 Å². The normalized spacial score (nSPS) is 23.6. The molecule has 0 amide bonds. The van der Waals surface area contributed by atoms with Gasteiger partial charge in [-0.25, -0.2) is 0 Å². The Kier molecular flexibility index (Phi) is 4.22. The van der Waals surface area contributed by atoms with Crippen molar-refractivity contribution in [2.45, 2.75) is 31.6 Å².